The van der Waals surface area contributed by atoms with Gasteiger partial charge >= 0.3 is 0 Å². The number of hydrogen-bond acceptors (Lipinski definition) is 5. The van der Waals surface area contributed by atoms with Crippen LogP contribution in [0.15, 0.2) is 16.7 Å². The first-order valence-electron chi connectivity index (χ1n) is 7.91. The summed E-state index contributed by atoms with van der Waals surface area (Å²) >= 11 is 3.35. The van der Waals surface area contributed by atoms with Crippen molar-refractivity contribution in [1.29, 1.82) is 0 Å². The largest absolute Gasteiger partial charge is 0.315 e. The summed E-state index contributed by atoms with van der Waals surface area (Å²) in [6.45, 7) is 10.3. The van der Waals surface area contributed by atoms with E-state index in [1.807, 2.05) is 24.6 Å². The highest BCUT2D eigenvalue weighted by Crippen LogP contribution is 2.34. The number of hydrogen-bond donors (Lipinski definition) is 1. The number of thioether (sulfide) groups is 1. The van der Waals surface area contributed by atoms with E-state index in [9.17, 15) is 4.79 Å². The molecule has 0 aromatic carbocycles. The van der Waals surface area contributed by atoms with Crippen LogP contribution in [0.4, 0.5) is 5.95 Å². The Labute approximate surface area is 145 Å². The van der Waals surface area contributed by atoms with Crippen LogP contribution in [0, 0.1) is 6.92 Å². The molecule has 0 spiro atoms. The van der Waals surface area contributed by atoms with Crippen LogP contribution in [-0.4, -0.2) is 26.2 Å². The van der Waals surface area contributed by atoms with Crippen LogP contribution in [-0.2, 0) is 4.79 Å². The number of amides is 1. The van der Waals surface area contributed by atoms with Crippen molar-refractivity contribution in [2.45, 2.75) is 57.3 Å². The number of carbonyl (C=O) groups excluding carboxylic acids is 1. The van der Waals surface area contributed by atoms with Crippen LogP contribution in [0.2, 0.25) is 0 Å². The zero-order valence-corrected chi connectivity index (χ0v) is 15.9. The van der Waals surface area contributed by atoms with Crippen LogP contribution in [0.5, 0.6) is 0 Å². The molecule has 1 atom stereocenters. The molecule has 2 heterocycles. The summed E-state index contributed by atoms with van der Waals surface area (Å²) in [5.41, 5.74) is 0.958. The van der Waals surface area contributed by atoms with Gasteiger partial charge in [0.05, 0.1) is 11.6 Å². The van der Waals surface area contributed by atoms with Crippen molar-refractivity contribution in [3.63, 3.8) is 0 Å². The molecule has 0 saturated carbocycles. The molecule has 0 radical (unpaired) electrons. The summed E-state index contributed by atoms with van der Waals surface area (Å²) in [5, 5.41) is 2.97. The zero-order chi connectivity index (χ0) is 17.0. The lowest BCUT2D eigenvalue weighted by Crippen LogP contribution is -2.23. The van der Waals surface area contributed by atoms with Gasteiger partial charge in [-0.2, -0.15) is 0 Å². The predicted molar refractivity (Wildman–Crippen MR) is 97.5 cm³/mol. The van der Waals surface area contributed by atoms with Gasteiger partial charge in [-0.15, -0.1) is 11.3 Å². The van der Waals surface area contributed by atoms with Gasteiger partial charge in [-0.05, 0) is 32.9 Å². The normalized spacial score (nSPS) is 12.6. The van der Waals surface area contributed by atoms with Crippen LogP contribution >= 0.6 is 23.1 Å². The molecule has 2 rings (SSSR count). The van der Waals surface area contributed by atoms with E-state index in [0.717, 1.165) is 27.1 Å². The van der Waals surface area contributed by atoms with Crippen LogP contribution in [0.3, 0.4) is 0 Å². The molecule has 7 heteroatoms. The third-order valence-electron chi connectivity index (χ3n) is 3.58. The highest BCUT2D eigenvalue weighted by molar-refractivity contribution is 8.01. The number of nitrogens with zero attached hydrogens (tertiary/aromatic N) is 3. The minimum atomic E-state index is -0.184. The molecule has 1 unspecified atom stereocenters. The number of aromatic nitrogens is 3. The predicted octanol–water partition coefficient (Wildman–Crippen LogP) is 4.47. The van der Waals surface area contributed by atoms with Gasteiger partial charge in [0.15, 0.2) is 0 Å². The molecule has 0 saturated heterocycles. The molecule has 1 amide bonds. The van der Waals surface area contributed by atoms with Gasteiger partial charge in [0.1, 0.15) is 4.34 Å². The van der Waals surface area contributed by atoms with Gasteiger partial charge in [0, 0.05) is 23.3 Å². The Balaban J connectivity index is 2.20. The smallest absolute Gasteiger partial charge is 0.235 e. The quantitative estimate of drug-likeness (QED) is 0.747. The van der Waals surface area contributed by atoms with Crippen molar-refractivity contribution < 1.29 is 4.79 Å². The molecular weight excluding hydrogens is 328 g/mol. The number of carbonyl (C=O) groups is 1. The molecule has 2 aromatic heterocycles. The number of anilines is 1. The average Bonchev–Trinajstić information content (AvgIpc) is 3.08. The second-order valence-corrected chi connectivity index (χ2v) is 8.11. The lowest BCUT2D eigenvalue weighted by atomic mass is 10.0. The monoisotopic (exact) mass is 352 g/mol. The topological polar surface area (TPSA) is 59.8 Å². The van der Waals surface area contributed by atoms with Crippen LogP contribution < -0.4 is 5.32 Å². The molecule has 0 aliphatic rings. The molecule has 0 aliphatic heterocycles. The number of imidazole rings is 1. The molecule has 2 aromatic rings. The molecule has 0 bridgehead atoms. The number of nitrogens with one attached hydrogen (secondary N) is 1. The number of aryl methyl sites for hydroxylation is 1. The SMILES string of the molecule is CCSc1nc(C)c(C(CC)C(=O)Nc2nccn2C(C)C)s1. The van der Waals surface area contributed by atoms with E-state index in [-0.39, 0.29) is 17.9 Å². The Morgan fingerprint density at radius 2 is 2.17 bits per heavy atom. The molecular formula is C16H24N4OS2. The van der Waals surface area contributed by atoms with E-state index in [4.69, 9.17) is 0 Å². The van der Waals surface area contributed by atoms with E-state index in [0.29, 0.717) is 5.95 Å². The molecule has 23 heavy (non-hydrogen) atoms. The van der Waals surface area contributed by atoms with Crippen molar-refractivity contribution in [2.24, 2.45) is 0 Å². The number of rotatable bonds is 7. The Hall–Kier alpha value is -1.34. The summed E-state index contributed by atoms with van der Waals surface area (Å²) < 4.78 is 3.00. The second kappa shape index (κ2) is 7.97. The zero-order valence-electron chi connectivity index (χ0n) is 14.3. The van der Waals surface area contributed by atoms with Crippen molar-refractivity contribution in [2.75, 3.05) is 11.1 Å². The Bertz CT molecular complexity index is 663. The van der Waals surface area contributed by atoms with E-state index >= 15 is 0 Å². The maximum absolute atomic E-state index is 12.7. The number of thiazole rings is 1. The van der Waals surface area contributed by atoms with E-state index in [1.54, 1.807) is 29.3 Å². The first-order chi connectivity index (χ1) is 11.0. The van der Waals surface area contributed by atoms with Gasteiger partial charge in [-0.1, -0.05) is 25.6 Å². The van der Waals surface area contributed by atoms with Crippen molar-refractivity contribution in [3.05, 3.63) is 23.0 Å². The van der Waals surface area contributed by atoms with E-state index in [2.05, 4.69) is 36.1 Å². The minimum Gasteiger partial charge on any atom is -0.315 e. The molecule has 1 N–H and O–H groups in total. The molecule has 126 valence electrons. The van der Waals surface area contributed by atoms with Gasteiger partial charge in [0.2, 0.25) is 11.9 Å². The van der Waals surface area contributed by atoms with Crippen LogP contribution in [0.25, 0.3) is 0 Å². The fraction of sp³-hybridized carbons (Fsp3) is 0.562. The maximum atomic E-state index is 12.7. The van der Waals surface area contributed by atoms with Gasteiger partial charge in [-0.3, -0.25) is 10.1 Å². The lowest BCUT2D eigenvalue weighted by Gasteiger charge is -2.16. The molecule has 0 aliphatic carbocycles. The molecule has 0 fully saturated rings. The van der Waals surface area contributed by atoms with Crippen LogP contribution in [0.1, 0.15) is 56.6 Å². The Kier molecular flexibility index (Phi) is 6.24. The standard InChI is InChI=1S/C16H24N4OS2/c1-6-12(13-11(5)18-16(23-13)22-7-2)14(21)19-15-17-8-9-20(15)10(3)4/h8-10,12H,6-7H2,1-5H3,(H,17,19,21). The van der Waals surface area contributed by atoms with Gasteiger partial charge in [-0.25, -0.2) is 9.97 Å². The first kappa shape index (κ1) is 18.0. The van der Waals surface area contributed by atoms with E-state index in [1.165, 1.54) is 0 Å². The Morgan fingerprint density at radius 3 is 2.78 bits per heavy atom. The summed E-state index contributed by atoms with van der Waals surface area (Å²) in [6.07, 6.45) is 4.34. The fourth-order valence-corrected chi connectivity index (χ4v) is 4.69. The lowest BCUT2D eigenvalue weighted by molar-refractivity contribution is -0.117. The summed E-state index contributed by atoms with van der Waals surface area (Å²) in [4.78, 5) is 22.6. The fourth-order valence-electron chi connectivity index (χ4n) is 2.40. The third kappa shape index (κ3) is 4.14. The Morgan fingerprint density at radius 1 is 1.43 bits per heavy atom. The molecule has 5 nitrogen and oxygen atoms in total. The third-order valence-corrected chi connectivity index (χ3v) is 5.88. The maximum Gasteiger partial charge on any atom is 0.235 e. The van der Waals surface area contributed by atoms with Crippen molar-refractivity contribution in [3.8, 4) is 0 Å². The minimum absolute atomic E-state index is 0.0135. The van der Waals surface area contributed by atoms with E-state index < -0.39 is 0 Å². The second-order valence-electron chi connectivity index (χ2n) is 5.56. The average molecular weight is 353 g/mol. The first-order valence-corrected chi connectivity index (χ1v) is 9.71. The highest BCUT2D eigenvalue weighted by Gasteiger charge is 2.25. The van der Waals surface area contributed by atoms with Crippen molar-refractivity contribution in [1.82, 2.24) is 14.5 Å². The summed E-state index contributed by atoms with van der Waals surface area (Å²) in [7, 11) is 0. The van der Waals surface area contributed by atoms with Crippen molar-refractivity contribution >= 4 is 35.0 Å². The summed E-state index contributed by atoms with van der Waals surface area (Å²) in [5.74, 6) is 1.39. The van der Waals surface area contributed by atoms with Gasteiger partial charge in [0.25, 0.3) is 0 Å². The summed E-state index contributed by atoms with van der Waals surface area (Å²) in [6, 6.07) is 0.255. The highest BCUT2D eigenvalue weighted by atomic mass is 32.2. The van der Waals surface area contributed by atoms with Gasteiger partial charge < -0.3 is 4.57 Å².